The topological polar surface area (TPSA) is 60.8 Å². The molecular weight excluding hydrogens is 266 g/mol. The zero-order valence-corrected chi connectivity index (χ0v) is 12.4. The second-order valence-electron chi connectivity index (χ2n) is 5.39. The Kier molecular flexibility index (Phi) is 4.81. The van der Waals surface area contributed by atoms with Crippen LogP contribution in [0.2, 0.25) is 0 Å². The van der Waals surface area contributed by atoms with Crippen molar-refractivity contribution in [2.45, 2.75) is 26.3 Å². The van der Waals surface area contributed by atoms with E-state index in [1.54, 1.807) is 17.0 Å². The van der Waals surface area contributed by atoms with Crippen LogP contribution in [0, 0.1) is 0 Å². The van der Waals surface area contributed by atoms with Crippen molar-refractivity contribution >= 4 is 16.7 Å². The number of hydrogen-bond donors (Lipinski definition) is 2. The minimum absolute atomic E-state index is 0.00616. The van der Waals surface area contributed by atoms with E-state index < -0.39 is 0 Å². The lowest BCUT2D eigenvalue weighted by Crippen LogP contribution is -2.38. The Labute approximate surface area is 124 Å². The third-order valence-corrected chi connectivity index (χ3v) is 3.54. The molecule has 2 N–H and O–H groups in total. The summed E-state index contributed by atoms with van der Waals surface area (Å²) in [4.78, 5) is 14.3. The van der Waals surface area contributed by atoms with Crippen molar-refractivity contribution in [2.24, 2.45) is 0 Å². The molecule has 4 heteroatoms. The van der Waals surface area contributed by atoms with Crippen molar-refractivity contribution in [2.75, 3.05) is 13.2 Å². The molecule has 0 radical (unpaired) electrons. The fourth-order valence-corrected chi connectivity index (χ4v) is 2.39. The number of phenols is 1. The summed E-state index contributed by atoms with van der Waals surface area (Å²) in [5, 5.41) is 20.9. The summed E-state index contributed by atoms with van der Waals surface area (Å²) in [5.74, 6) is -0.213. The number of nitrogens with zero attached hydrogens (tertiary/aromatic N) is 1. The maximum Gasteiger partial charge on any atom is 0.257 e. The average Bonchev–Trinajstić information content (AvgIpc) is 2.46. The van der Waals surface area contributed by atoms with Crippen LogP contribution in [0.3, 0.4) is 0 Å². The maximum atomic E-state index is 12.6. The van der Waals surface area contributed by atoms with Crippen LogP contribution in [-0.4, -0.2) is 40.2 Å². The number of rotatable bonds is 5. The number of amides is 1. The Balaban J connectivity index is 2.38. The summed E-state index contributed by atoms with van der Waals surface area (Å²) >= 11 is 0. The SMILES string of the molecule is CC(C)N(CCCO)C(=O)c1cc2ccccc2cc1O. The summed E-state index contributed by atoms with van der Waals surface area (Å²) in [5.41, 5.74) is 0.306. The number of carbonyl (C=O) groups excluding carboxylic acids is 1. The molecule has 0 atom stereocenters. The van der Waals surface area contributed by atoms with Crippen molar-refractivity contribution in [1.82, 2.24) is 4.90 Å². The number of aromatic hydroxyl groups is 1. The fraction of sp³-hybridized carbons (Fsp3) is 0.353. The molecule has 0 unspecified atom stereocenters. The third-order valence-electron chi connectivity index (χ3n) is 3.54. The molecule has 1 amide bonds. The van der Waals surface area contributed by atoms with E-state index in [4.69, 9.17) is 5.11 Å². The second kappa shape index (κ2) is 6.59. The molecule has 0 saturated heterocycles. The Hall–Kier alpha value is -2.07. The monoisotopic (exact) mass is 287 g/mol. The standard InChI is InChI=1S/C17H21NO3/c1-12(2)18(8-5-9-19)17(21)15-10-13-6-3-4-7-14(13)11-16(15)20/h3-4,6-7,10-12,19-20H,5,8-9H2,1-2H3. The largest absolute Gasteiger partial charge is 0.507 e. The van der Waals surface area contributed by atoms with E-state index in [2.05, 4.69) is 0 Å². The van der Waals surface area contributed by atoms with Gasteiger partial charge in [0.25, 0.3) is 5.91 Å². The fourth-order valence-electron chi connectivity index (χ4n) is 2.39. The molecule has 0 aliphatic carbocycles. The molecule has 0 fully saturated rings. The molecule has 0 bridgehead atoms. The number of aliphatic hydroxyl groups is 1. The molecule has 4 nitrogen and oxygen atoms in total. The first-order valence-electron chi connectivity index (χ1n) is 7.18. The van der Waals surface area contributed by atoms with E-state index >= 15 is 0 Å². The zero-order valence-electron chi connectivity index (χ0n) is 12.4. The van der Waals surface area contributed by atoms with Crippen LogP contribution in [0.1, 0.15) is 30.6 Å². The molecule has 112 valence electrons. The number of fused-ring (bicyclic) bond motifs is 1. The highest BCUT2D eigenvalue weighted by Gasteiger charge is 2.21. The van der Waals surface area contributed by atoms with Crippen molar-refractivity contribution in [1.29, 1.82) is 0 Å². The van der Waals surface area contributed by atoms with Gasteiger partial charge in [0.15, 0.2) is 0 Å². The van der Waals surface area contributed by atoms with Crippen LogP contribution in [0.25, 0.3) is 10.8 Å². The Morgan fingerprint density at radius 1 is 1.19 bits per heavy atom. The first-order chi connectivity index (χ1) is 10.0. The Bertz CT molecular complexity index is 637. The van der Waals surface area contributed by atoms with Crippen molar-refractivity contribution in [3.8, 4) is 5.75 Å². The average molecular weight is 287 g/mol. The summed E-state index contributed by atoms with van der Waals surface area (Å²) in [7, 11) is 0. The van der Waals surface area contributed by atoms with Crippen molar-refractivity contribution in [3.05, 3.63) is 42.0 Å². The molecule has 0 heterocycles. The van der Waals surface area contributed by atoms with Crippen molar-refractivity contribution in [3.63, 3.8) is 0 Å². The highest BCUT2D eigenvalue weighted by atomic mass is 16.3. The number of phenolic OH excluding ortho intramolecular Hbond substituents is 1. The predicted molar refractivity (Wildman–Crippen MR) is 83.5 cm³/mol. The first-order valence-corrected chi connectivity index (χ1v) is 7.18. The highest BCUT2D eigenvalue weighted by Crippen LogP contribution is 2.26. The van der Waals surface area contributed by atoms with E-state index in [1.165, 1.54) is 0 Å². The summed E-state index contributed by atoms with van der Waals surface area (Å²) < 4.78 is 0. The van der Waals surface area contributed by atoms with Crippen LogP contribution in [0.4, 0.5) is 0 Å². The second-order valence-corrected chi connectivity index (χ2v) is 5.39. The minimum atomic E-state index is -0.207. The van der Waals surface area contributed by atoms with Gasteiger partial charge in [0.1, 0.15) is 5.75 Å². The van der Waals surface area contributed by atoms with Gasteiger partial charge in [-0.15, -0.1) is 0 Å². The molecule has 2 aromatic carbocycles. The van der Waals surface area contributed by atoms with Crippen LogP contribution >= 0.6 is 0 Å². The van der Waals surface area contributed by atoms with Gasteiger partial charge < -0.3 is 15.1 Å². The van der Waals surface area contributed by atoms with Crippen LogP contribution in [0.15, 0.2) is 36.4 Å². The number of aliphatic hydroxyl groups excluding tert-OH is 1. The molecule has 21 heavy (non-hydrogen) atoms. The van der Waals surface area contributed by atoms with Gasteiger partial charge in [0, 0.05) is 19.2 Å². The number of benzene rings is 2. The van der Waals surface area contributed by atoms with Gasteiger partial charge in [-0.3, -0.25) is 4.79 Å². The van der Waals surface area contributed by atoms with Gasteiger partial charge >= 0.3 is 0 Å². The van der Waals surface area contributed by atoms with Gasteiger partial charge in [-0.25, -0.2) is 0 Å². The van der Waals surface area contributed by atoms with E-state index in [-0.39, 0.29) is 24.3 Å². The maximum absolute atomic E-state index is 12.6. The number of carbonyl (C=O) groups is 1. The Morgan fingerprint density at radius 2 is 1.81 bits per heavy atom. The highest BCUT2D eigenvalue weighted by molar-refractivity contribution is 6.01. The Morgan fingerprint density at radius 3 is 2.38 bits per heavy atom. The number of hydrogen-bond acceptors (Lipinski definition) is 3. The van der Waals surface area contributed by atoms with Gasteiger partial charge in [-0.05, 0) is 43.2 Å². The van der Waals surface area contributed by atoms with Gasteiger partial charge in [-0.1, -0.05) is 24.3 Å². The van der Waals surface area contributed by atoms with Gasteiger partial charge in [0.05, 0.1) is 5.56 Å². The smallest absolute Gasteiger partial charge is 0.257 e. The van der Waals surface area contributed by atoms with Crippen molar-refractivity contribution < 1.29 is 15.0 Å². The van der Waals surface area contributed by atoms with Gasteiger partial charge in [-0.2, -0.15) is 0 Å². The summed E-state index contributed by atoms with van der Waals surface area (Å²) in [6.45, 7) is 4.36. The third kappa shape index (κ3) is 3.34. The lowest BCUT2D eigenvalue weighted by atomic mass is 10.0. The normalized spacial score (nSPS) is 11.0. The molecule has 0 saturated carbocycles. The lowest BCUT2D eigenvalue weighted by Gasteiger charge is -2.27. The van der Waals surface area contributed by atoms with E-state index in [9.17, 15) is 9.90 Å². The van der Waals surface area contributed by atoms with Crippen LogP contribution in [0.5, 0.6) is 5.75 Å². The molecule has 0 aliphatic rings. The summed E-state index contributed by atoms with van der Waals surface area (Å²) in [6, 6.07) is 11.0. The zero-order chi connectivity index (χ0) is 15.4. The molecule has 0 aromatic heterocycles. The van der Waals surface area contributed by atoms with Gasteiger partial charge in [0.2, 0.25) is 0 Å². The molecule has 0 spiro atoms. The molecule has 0 aliphatic heterocycles. The molecule has 2 rings (SSSR count). The van der Waals surface area contributed by atoms with E-state index in [0.717, 1.165) is 10.8 Å². The van der Waals surface area contributed by atoms with E-state index in [1.807, 2.05) is 38.1 Å². The first kappa shape index (κ1) is 15.3. The molecular formula is C17H21NO3. The predicted octanol–water partition coefficient (Wildman–Crippen LogP) is 2.78. The van der Waals surface area contributed by atoms with E-state index in [0.29, 0.717) is 18.5 Å². The van der Waals surface area contributed by atoms with Crippen LogP contribution < -0.4 is 0 Å². The lowest BCUT2D eigenvalue weighted by molar-refractivity contribution is 0.0690. The van der Waals surface area contributed by atoms with Crippen LogP contribution in [-0.2, 0) is 0 Å². The molecule has 2 aromatic rings. The summed E-state index contributed by atoms with van der Waals surface area (Å²) in [6.07, 6.45) is 0.526. The quantitative estimate of drug-likeness (QED) is 0.889. The minimum Gasteiger partial charge on any atom is -0.507 e.